The number of anilines is 2. The minimum Gasteiger partial charge on any atom is -0.451 e. The molecule has 40 heavy (non-hydrogen) atoms. The van der Waals surface area contributed by atoms with E-state index in [0.29, 0.717) is 42.7 Å². The SMILES string of the molecule is CSNc1ccc2oc(C(=O)NCC(=O)N3CCN(c4ccccc4C(=O)N4CCCCC4)CC3)cc(=O)c2c1. The molecule has 0 aliphatic carbocycles. The summed E-state index contributed by atoms with van der Waals surface area (Å²) in [5.41, 5.74) is 2.31. The second-order valence-corrected chi connectivity index (χ2v) is 10.5. The highest BCUT2D eigenvalue weighted by atomic mass is 32.2. The van der Waals surface area contributed by atoms with E-state index >= 15 is 0 Å². The Morgan fingerprint density at radius 2 is 1.65 bits per heavy atom. The number of nitrogens with one attached hydrogen (secondary N) is 2. The molecule has 2 fully saturated rings. The molecule has 11 heteroatoms. The Morgan fingerprint density at radius 1 is 0.900 bits per heavy atom. The number of para-hydroxylation sites is 1. The van der Waals surface area contributed by atoms with Crippen molar-refractivity contribution in [1.82, 2.24) is 15.1 Å². The zero-order chi connectivity index (χ0) is 28.1. The average molecular weight is 564 g/mol. The number of likely N-dealkylation sites (tertiary alicyclic amines) is 1. The van der Waals surface area contributed by atoms with Gasteiger partial charge in [0.2, 0.25) is 5.91 Å². The van der Waals surface area contributed by atoms with Crippen molar-refractivity contribution in [2.75, 3.05) is 61.7 Å². The fourth-order valence-corrected chi connectivity index (χ4v) is 5.56. The van der Waals surface area contributed by atoms with Gasteiger partial charge in [0.1, 0.15) is 5.58 Å². The van der Waals surface area contributed by atoms with E-state index < -0.39 is 5.91 Å². The van der Waals surface area contributed by atoms with Crippen molar-refractivity contribution in [1.29, 1.82) is 0 Å². The van der Waals surface area contributed by atoms with Gasteiger partial charge in [0.25, 0.3) is 11.8 Å². The molecule has 2 aromatic carbocycles. The number of hydrogen-bond acceptors (Lipinski definition) is 8. The third-order valence-corrected chi connectivity index (χ3v) is 7.76. The molecule has 3 heterocycles. The number of piperidine rings is 1. The van der Waals surface area contributed by atoms with Gasteiger partial charge in [-0.25, -0.2) is 0 Å². The van der Waals surface area contributed by atoms with Gasteiger partial charge in [-0.15, -0.1) is 0 Å². The summed E-state index contributed by atoms with van der Waals surface area (Å²) in [5, 5.41) is 2.95. The first-order valence-corrected chi connectivity index (χ1v) is 14.7. The first kappa shape index (κ1) is 27.6. The lowest BCUT2D eigenvalue weighted by Gasteiger charge is -2.37. The van der Waals surface area contributed by atoms with Crippen LogP contribution in [0.4, 0.5) is 11.4 Å². The molecule has 2 N–H and O–H groups in total. The van der Waals surface area contributed by atoms with Crippen LogP contribution in [0.25, 0.3) is 11.0 Å². The molecule has 5 rings (SSSR count). The molecule has 0 saturated carbocycles. The van der Waals surface area contributed by atoms with E-state index in [2.05, 4.69) is 14.9 Å². The summed E-state index contributed by atoms with van der Waals surface area (Å²) in [6.45, 7) is 3.48. The highest BCUT2D eigenvalue weighted by Crippen LogP contribution is 2.25. The maximum Gasteiger partial charge on any atom is 0.287 e. The third kappa shape index (κ3) is 6.09. The Hall–Kier alpha value is -3.99. The zero-order valence-corrected chi connectivity index (χ0v) is 23.3. The van der Waals surface area contributed by atoms with Crippen molar-refractivity contribution in [2.24, 2.45) is 0 Å². The summed E-state index contributed by atoms with van der Waals surface area (Å²) in [6.07, 6.45) is 5.11. The fourth-order valence-electron chi connectivity index (χ4n) is 5.20. The summed E-state index contributed by atoms with van der Waals surface area (Å²) in [4.78, 5) is 57.1. The molecule has 2 aliphatic rings. The van der Waals surface area contributed by atoms with E-state index in [-0.39, 0.29) is 29.5 Å². The molecule has 0 spiro atoms. The number of rotatable bonds is 7. The highest BCUT2D eigenvalue weighted by molar-refractivity contribution is 7.99. The van der Waals surface area contributed by atoms with Gasteiger partial charge >= 0.3 is 0 Å². The van der Waals surface area contributed by atoms with Gasteiger partial charge in [0, 0.05) is 63.0 Å². The lowest BCUT2D eigenvalue weighted by Crippen LogP contribution is -2.51. The Labute approximate surface area is 236 Å². The Morgan fingerprint density at radius 3 is 2.40 bits per heavy atom. The maximum atomic E-state index is 13.2. The lowest BCUT2D eigenvalue weighted by molar-refractivity contribution is -0.130. The van der Waals surface area contributed by atoms with Gasteiger partial charge in [-0.2, -0.15) is 0 Å². The van der Waals surface area contributed by atoms with Crippen molar-refractivity contribution in [3.05, 3.63) is 70.1 Å². The van der Waals surface area contributed by atoms with Crippen LogP contribution in [0.15, 0.2) is 57.7 Å². The predicted molar refractivity (Wildman–Crippen MR) is 157 cm³/mol. The van der Waals surface area contributed by atoms with Crippen LogP contribution in [0, 0.1) is 0 Å². The van der Waals surface area contributed by atoms with Crippen molar-refractivity contribution < 1.29 is 18.8 Å². The summed E-state index contributed by atoms with van der Waals surface area (Å²) < 4.78 is 8.70. The van der Waals surface area contributed by atoms with Gasteiger partial charge < -0.3 is 29.2 Å². The van der Waals surface area contributed by atoms with E-state index in [1.807, 2.05) is 35.4 Å². The number of benzene rings is 2. The largest absolute Gasteiger partial charge is 0.451 e. The minimum atomic E-state index is -0.623. The van der Waals surface area contributed by atoms with E-state index in [9.17, 15) is 19.2 Å². The van der Waals surface area contributed by atoms with Crippen LogP contribution in [0.5, 0.6) is 0 Å². The van der Waals surface area contributed by atoms with Crippen LogP contribution in [-0.4, -0.2) is 79.6 Å². The number of carbonyl (C=O) groups excluding carboxylic acids is 3. The number of nitrogens with zero attached hydrogens (tertiary/aromatic N) is 3. The van der Waals surface area contributed by atoms with Crippen LogP contribution in [0.3, 0.4) is 0 Å². The van der Waals surface area contributed by atoms with E-state index in [4.69, 9.17) is 4.42 Å². The van der Waals surface area contributed by atoms with Crippen LogP contribution < -0.4 is 20.4 Å². The number of piperazine rings is 1. The summed E-state index contributed by atoms with van der Waals surface area (Å²) in [5.74, 6) is -0.923. The average Bonchev–Trinajstić information content (AvgIpc) is 3.00. The molecule has 0 unspecified atom stereocenters. The van der Waals surface area contributed by atoms with Gasteiger partial charge in [-0.3, -0.25) is 19.2 Å². The van der Waals surface area contributed by atoms with Gasteiger partial charge in [-0.05, 0) is 49.6 Å². The number of amides is 3. The molecule has 3 amide bonds. The molecule has 1 aromatic heterocycles. The van der Waals surface area contributed by atoms with Crippen molar-refractivity contribution >= 4 is 52.0 Å². The summed E-state index contributed by atoms with van der Waals surface area (Å²) in [7, 11) is 0. The monoisotopic (exact) mass is 563 g/mol. The molecular formula is C29H33N5O5S. The van der Waals surface area contributed by atoms with Gasteiger partial charge in [0.15, 0.2) is 11.2 Å². The fraction of sp³-hybridized carbons (Fsp3) is 0.379. The van der Waals surface area contributed by atoms with Gasteiger partial charge in [0.05, 0.1) is 17.5 Å². The standard InChI is InChI=1S/C29H33N5O5S/c1-40-31-20-9-10-25-22(17-20)24(35)18-26(39-25)28(37)30-19-27(36)33-15-13-32(14-16-33)23-8-4-3-7-21(23)29(38)34-11-5-2-6-12-34/h3-4,7-10,17-18,31H,2,5-6,11-16,19H2,1H3,(H,30,37). The molecule has 0 radical (unpaired) electrons. The molecule has 0 bridgehead atoms. The Bertz CT molecular complexity index is 1460. The zero-order valence-electron chi connectivity index (χ0n) is 22.5. The number of carbonyl (C=O) groups is 3. The quantitative estimate of drug-likeness (QED) is 0.422. The first-order chi connectivity index (χ1) is 19.4. The van der Waals surface area contributed by atoms with Crippen molar-refractivity contribution in [3.63, 3.8) is 0 Å². The van der Waals surface area contributed by atoms with Crippen molar-refractivity contribution in [3.8, 4) is 0 Å². The second kappa shape index (κ2) is 12.5. The van der Waals surface area contributed by atoms with E-state index in [1.54, 1.807) is 23.1 Å². The van der Waals surface area contributed by atoms with E-state index in [1.165, 1.54) is 11.9 Å². The van der Waals surface area contributed by atoms with Crippen molar-refractivity contribution in [2.45, 2.75) is 19.3 Å². The topological polar surface area (TPSA) is 115 Å². The smallest absolute Gasteiger partial charge is 0.287 e. The minimum absolute atomic E-state index is 0.0638. The molecule has 0 atom stereocenters. The molecule has 2 saturated heterocycles. The summed E-state index contributed by atoms with van der Waals surface area (Å²) >= 11 is 1.40. The van der Waals surface area contributed by atoms with Crippen LogP contribution >= 0.6 is 11.9 Å². The number of hydrogen-bond donors (Lipinski definition) is 2. The predicted octanol–water partition coefficient (Wildman–Crippen LogP) is 3.19. The molecular weight excluding hydrogens is 530 g/mol. The van der Waals surface area contributed by atoms with Crippen LogP contribution in [0.2, 0.25) is 0 Å². The highest BCUT2D eigenvalue weighted by Gasteiger charge is 2.26. The van der Waals surface area contributed by atoms with E-state index in [0.717, 1.165) is 49.8 Å². The molecule has 10 nitrogen and oxygen atoms in total. The molecule has 3 aromatic rings. The third-order valence-electron chi connectivity index (χ3n) is 7.32. The first-order valence-electron chi connectivity index (χ1n) is 13.5. The lowest BCUT2D eigenvalue weighted by atomic mass is 10.1. The summed E-state index contributed by atoms with van der Waals surface area (Å²) in [6, 6.07) is 13.9. The van der Waals surface area contributed by atoms with Crippen LogP contribution in [0.1, 0.15) is 40.2 Å². The van der Waals surface area contributed by atoms with Crippen LogP contribution in [-0.2, 0) is 4.79 Å². The molecule has 2 aliphatic heterocycles. The Balaban J connectivity index is 1.17. The maximum absolute atomic E-state index is 13.2. The second-order valence-electron chi connectivity index (χ2n) is 9.91. The molecule has 210 valence electrons. The van der Waals surface area contributed by atoms with Gasteiger partial charge in [-0.1, -0.05) is 24.1 Å². The Kier molecular flexibility index (Phi) is 8.59. The number of fused-ring (bicyclic) bond motifs is 1. The normalized spacial score (nSPS) is 15.7.